The van der Waals surface area contributed by atoms with E-state index >= 15 is 0 Å². The number of halogens is 1. The highest BCUT2D eigenvalue weighted by atomic mass is 19.1. The molecule has 1 aliphatic rings. The van der Waals surface area contributed by atoms with Gasteiger partial charge in [-0.1, -0.05) is 6.42 Å². The number of carbonyl (C=O) groups excluding carboxylic acids is 1. The fraction of sp³-hybridized carbons (Fsp3) is 0.429. The quantitative estimate of drug-likeness (QED) is 0.769. The number of rotatable bonds is 5. The first-order chi connectivity index (χ1) is 9.46. The highest BCUT2D eigenvalue weighted by Gasteiger charge is 2.37. The maximum atomic E-state index is 13.5. The molecule has 1 aromatic rings. The van der Waals surface area contributed by atoms with E-state index in [-0.39, 0.29) is 17.0 Å². The minimum Gasteiger partial charge on any atom is -0.478 e. The van der Waals surface area contributed by atoms with Gasteiger partial charge in [0.2, 0.25) is 5.91 Å². The van der Waals surface area contributed by atoms with Crippen molar-refractivity contribution in [2.45, 2.75) is 25.7 Å². The fourth-order valence-electron chi connectivity index (χ4n) is 2.44. The van der Waals surface area contributed by atoms with Crippen LogP contribution in [0.25, 0.3) is 0 Å². The third-order valence-corrected chi connectivity index (χ3v) is 3.87. The van der Waals surface area contributed by atoms with Crippen LogP contribution in [-0.2, 0) is 4.79 Å². The minimum atomic E-state index is -1.34. The van der Waals surface area contributed by atoms with E-state index in [1.165, 1.54) is 6.07 Å². The van der Waals surface area contributed by atoms with E-state index in [1.807, 2.05) is 0 Å². The first-order valence-corrected chi connectivity index (χ1v) is 6.48. The second-order valence-corrected chi connectivity index (χ2v) is 5.28. The molecule has 0 aromatic heterocycles. The van der Waals surface area contributed by atoms with Crippen LogP contribution < -0.4 is 11.1 Å². The molecule has 0 heterocycles. The molecule has 0 atom stereocenters. The SMILES string of the molecule is NCC1(CC(=O)Nc2ccc(C(=O)O)c(F)c2)CCC1. The largest absolute Gasteiger partial charge is 0.478 e. The average Bonchev–Trinajstić information content (AvgIpc) is 2.33. The van der Waals surface area contributed by atoms with E-state index in [1.54, 1.807) is 0 Å². The van der Waals surface area contributed by atoms with Crippen LogP contribution in [0, 0.1) is 11.2 Å². The molecule has 108 valence electrons. The summed E-state index contributed by atoms with van der Waals surface area (Å²) < 4.78 is 13.5. The molecule has 1 aliphatic carbocycles. The zero-order valence-corrected chi connectivity index (χ0v) is 11.0. The number of amides is 1. The molecule has 4 N–H and O–H groups in total. The molecule has 6 heteroatoms. The van der Waals surface area contributed by atoms with E-state index in [2.05, 4.69) is 5.32 Å². The van der Waals surface area contributed by atoms with Crippen LogP contribution in [0.2, 0.25) is 0 Å². The monoisotopic (exact) mass is 280 g/mol. The molecule has 2 rings (SSSR count). The fourth-order valence-corrected chi connectivity index (χ4v) is 2.44. The predicted octanol–water partition coefficient (Wildman–Crippen LogP) is 1.98. The Bertz CT molecular complexity index is 536. The van der Waals surface area contributed by atoms with Crippen LogP contribution in [0.15, 0.2) is 18.2 Å². The Balaban J connectivity index is 2.01. The van der Waals surface area contributed by atoms with Gasteiger partial charge >= 0.3 is 5.97 Å². The molecule has 0 saturated heterocycles. The van der Waals surface area contributed by atoms with Gasteiger partial charge in [0.1, 0.15) is 5.82 Å². The van der Waals surface area contributed by atoms with Crippen molar-refractivity contribution < 1.29 is 19.1 Å². The third-order valence-electron chi connectivity index (χ3n) is 3.87. The molecule has 0 aliphatic heterocycles. The summed E-state index contributed by atoms with van der Waals surface area (Å²) in [5.74, 6) is -2.43. The highest BCUT2D eigenvalue weighted by Crippen LogP contribution is 2.43. The summed E-state index contributed by atoms with van der Waals surface area (Å²) in [6.45, 7) is 0.465. The van der Waals surface area contributed by atoms with E-state index in [4.69, 9.17) is 10.8 Å². The number of aromatic carboxylic acids is 1. The van der Waals surface area contributed by atoms with Gasteiger partial charge in [0, 0.05) is 12.1 Å². The number of nitrogens with one attached hydrogen (secondary N) is 1. The molecule has 1 amide bonds. The molecule has 5 nitrogen and oxygen atoms in total. The molecule has 1 aromatic carbocycles. The number of anilines is 1. The molecule has 0 spiro atoms. The standard InChI is InChI=1S/C14H17FN2O3/c15-11-6-9(2-3-10(11)13(19)20)17-12(18)7-14(8-16)4-1-5-14/h2-3,6H,1,4-5,7-8,16H2,(H,17,18)(H,19,20). The molecular weight excluding hydrogens is 263 g/mol. The topological polar surface area (TPSA) is 92.4 Å². The Labute approximate surface area is 116 Å². The summed E-state index contributed by atoms with van der Waals surface area (Å²) in [7, 11) is 0. The van der Waals surface area contributed by atoms with Crippen LogP contribution in [0.4, 0.5) is 10.1 Å². The van der Waals surface area contributed by atoms with Crippen molar-refractivity contribution in [3.63, 3.8) is 0 Å². The maximum absolute atomic E-state index is 13.5. The Kier molecular flexibility index (Phi) is 4.04. The lowest BCUT2D eigenvalue weighted by Gasteiger charge is -2.40. The van der Waals surface area contributed by atoms with Gasteiger partial charge in [-0.25, -0.2) is 9.18 Å². The van der Waals surface area contributed by atoms with Crippen molar-refractivity contribution in [1.29, 1.82) is 0 Å². The van der Waals surface area contributed by atoms with Crippen molar-refractivity contribution in [2.24, 2.45) is 11.1 Å². The molecule has 0 unspecified atom stereocenters. The molecule has 1 saturated carbocycles. The number of nitrogens with two attached hydrogens (primary N) is 1. The molecule has 0 bridgehead atoms. The highest BCUT2D eigenvalue weighted by molar-refractivity contribution is 5.93. The van der Waals surface area contributed by atoms with Gasteiger partial charge < -0.3 is 16.2 Å². The average molecular weight is 280 g/mol. The lowest BCUT2D eigenvalue weighted by atomic mass is 9.66. The van der Waals surface area contributed by atoms with Gasteiger partial charge in [-0.3, -0.25) is 4.79 Å². The zero-order valence-electron chi connectivity index (χ0n) is 11.0. The van der Waals surface area contributed by atoms with Crippen LogP contribution in [-0.4, -0.2) is 23.5 Å². The lowest BCUT2D eigenvalue weighted by Crippen LogP contribution is -2.40. The molecular formula is C14H17FN2O3. The first kappa shape index (κ1) is 14.5. The molecule has 20 heavy (non-hydrogen) atoms. The van der Waals surface area contributed by atoms with Crippen molar-refractivity contribution in [1.82, 2.24) is 0 Å². The Hall–Kier alpha value is -1.95. The first-order valence-electron chi connectivity index (χ1n) is 6.48. The normalized spacial score (nSPS) is 16.3. The van der Waals surface area contributed by atoms with Gasteiger partial charge in [-0.2, -0.15) is 0 Å². The molecule has 0 radical (unpaired) electrons. The second-order valence-electron chi connectivity index (χ2n) is 5.28. The van der Waals surface area contributed by atoms with Gasteiger partial charge in [0.15, 0.2) is 0 Å². The van der Waals surface area contributed by atoms with Crippen LogP contribution >= 0.6 is 0 Å². The summed E-state index contributed by atoms with van der Waals surface area (Å²) in [5, 5.41) is 11.3. The van der Waals surface area contributed by atoms with E-state index < -0.39 is 17.3 Å². The zero-order chi connectivity index (χ0) is 14.8. The van der Waals surface area contributed by atoms with E-state index in [0.29, 0.717) is 13.0 Å². The van der Waals surface area contributed by atoms with Crippen molar-refractivity contribution in [3.05, 3.63) is 29.6 Å². The van der Waals surface area contributed by atoms with Crippen LogP contribution in [0.3, 0.4) is 0 Å². The van der Waals surface area contributed by atoms with E-state index in [0.717, 1.165) is 31.4 Å². The van der Waals surface area contributed by atoms with Gasteiger partial charge in [0.05, 0.1) is 5.56 Å². The summed E-state index contributed by atoms with van der Waals surface area (Å²) >= 11 is 0. The van der Waals surface area contributed by atoms with Gasteiger partial charge in [-0.15, -0.1) is 0 Å². The Morgan fingerprint density at radius 2 is 2.10 bits per heavy atom. The number of benzene rings is 1. The van der Waals surface area contributed by atoms with Crippen molar-refractivity contribution in [3.8, 4) is 0 Å². The summed E-state index contributed by atoms with van der Waals surface area (Å²) in [4.78, 5) is 22.6. The summed E-state index contributed by atoms with van der Waals surface area (Å²) in [5.41, 5.74) is 5.40. The lowest BCUT2D eigenvalue weighted by molar-refractivity contribution is -0.119. The summed E-state index contributed by atoms with van der Waals surface area (Å²) in [6, 6.07) is 3.52. The van der Waals surface area contributed by atoms with E-state index in [9.17, 15) is 14.0 Å². The smallest absolute Gasteiger partial charge is 0.338 e. The second kappa shape index (κ2) is 5.58. The number of carboxylic acid groups (broad SMARTS) is 1. The van der Waals surface area contributed by atoms with Gasteiger partial charge in [0.25, 0.3) is 0 Å². The Morgan fingerprint density at radius 1 is 1.40 bits per heavy atom. The minimum absolute atomic E-state index is 0.121. The van der Waals surface area contributed by atoms with Gasteiger partial charge in [-0.05, 0) is 43.0 Å². The Morgan fingerprint density at radius 3 is 2.55 bits per heavy atom. The van der Waals surface area contributed by atoms with Crippen LogP contribution in [0.5, 0.6) is 0 Å². The maximum Gasteiger partial charge on any atom is 0.338 e. The van der Waals surface area contributed by atoms with Crippen LogP contribution in [0.1, 0.15) is 36.0 Å². The number of hydrogen-bond donors (Lipinski definition) is 3. The number of hydrogen-bond acceptors (Lipinski definition) is 3. The van der Waals surface area contributed by atoms with Crippen molar-refractivity contribution >= 4 is 17.6 Å². The molecule has 1 fully saturated rings. The number of carboxylic acids is 1. The summed E-state index contributed by atoms with van der Waals surface area (Å²) in [6.07, 6.45) is 3.25. The predicted molar refractivity (Wildman–Crippen MR) is 71.9 cm³/mol. The van der Waals surface area contributed by atoms with Crippen molar-refractivity contribution in [2.75, 3.05) is 11.9 Å². The number of carbonyl (C=O) groups is 2. The third kappa shape index (κ3) is 2.96.